The summed E-state index contributed by atoms with van der Waals surface area (Å²) in [7, 11) is 0. The zero-order chi connectivity index (χ0) is 19.7. The Kier molecular flexibility index (Phi) is 5.46. The first kappa shape index (κ1) is 19.4. The maximum Gasteiger partial charge on any atom is 0.417 e. The van der Waals surface area contributed by atoms with Crippen molar-refractivity contribution in [3.05, 3.63) is 23.9 Å². The van der Waals surface area contributed by atoms with Crippen LogP contribution in [0.1, 0.15) is 37.7 Å². The predicted octanol–water partition coefficient (Wildman–Crippen LogP) is 2.17. The van der Waals surface area contributed by atoms with Gasteiger partial charge in [-0.3, -0.25) is 10.2 Å². The van der Waals surface area contributed by atoms with E-state index >= 15 is 0 Å². The van der Waals surface area contributed by atoms with E-state index in [2.05, 4.69) is 15.8 Å². The summed E-state index contributed by atoms with van der Waals surface area (Å²) in [6.07, 6.45) is 1.80. The van der Waals surface area contributed by atoms with Gasteiger partial charge in [0.15, 0.2) is 0 Å². The van der Waals surface area contributed by atoms with Gasteiger partial charge in [-0.2, -0.15) is 13.2 Å². The third kappa shape index (κ3) is 3.96. The lowest BCUT2D eigenvalue weighted by atomic mass is 9.81. The smallest absolute Gasteiger partial charge is 0.355 e. The standard InChI is InChI=1S/C19H26F3N5O/c20-19(21,22)13-6-7-16(23-12-13)26-8-3-9-27(11-10-26)18(28)17-14-4-1-2-5-15(14)24-25-17/h6-7,12,14-15,17,24-25H,1-5,8-11H2. The summed E-state index contributed by atoms with van der Waals surface area (Å²) in [5.74, 6) is 0.997. The SMILES string of the molecule is O=C(C1NNC2CCCCC21)N1CCCN(c2ccc(C(F)(F)F)cn2)CC1. The monoisotopic (exact) mass is 397 g/mol. The first-order valence-electron chi connectivity index (χ1n) is 10.0. The Balaban J connectivity index is 1.38. The fourth-order valence-electron chi connectivity index (χ4n) is 4.59. The number of nitrogens with zero attached hydrogens (tertiary/aromatic N) is 3. The third-order valence-corrected chi connectivity index (χ3v) is 6.14. The highest BCUT2D eigenvalue weighted by atomic mass is 19.4. The number of alkyl halides is 3. The van der Waals surface area contributed by atoms with Gasteiger partial charge in [-0.15, -0.1) is 0 Å². The molecule has 3 heterocycles. The van der Waals surface area contributed by atoms with Crippen molar-refractivity contribution >= 4 is 11.7 Å². The molecule has 1 aromatic rings. The Morgan fingerprint density at radius 1 is 1.04 bits per heavy atom. The number of halogens is 3. The van der Waals surface area contributed by atoms with Gasteiger partial charge in [0.2, 0.25) is 5.91 Å². The summed E-state index contributed by atoms with van der Waals surface area (Å²) < 4.78 is 38.2. The van der Waals surface area contributed by atoms with Crippen LogP contribution in [0.25, 0.3) is 0 Å². The second kappa shape index (κ2) is 7.87. The number of nitrogens with one attached hydrogen (secondary N) is 2. The Labute approximate surface area is 162 Å². The van der Waals surface area contributed by atoms with E-state index in [4.69, 9.17) is 0 Å². The van der Waals surface area contributed by atoms with E-state index in [0.717, 1.165) is 31.5 Å². The molecular formula is C19H26F3N5O. The highest BCUT2D eigenvalue weighted by molar-refractivity contribution is 5.82. The average Bonchev–Trinajstić information content (AvgIpc) is 2.96. The van der Waals surface area contributed by atoms with Gasteiger partial charge >= 0.3 is 6.18 Å². The van der Waals surface area contributed by atoms with Crippen LogP contribution in [0.4, 0.5) is 19.0 Å². The number of fused-ring (bicyclic) bond motifs is 1. The van der Waals surface area contributed by atoms with Gasteiger partial charge in [0.05, 0.1) is 5.56 Å². The van der Waals surface area contributed by atoms with Gasteiger partial charge in [0, 0.05) is 44.3 Å². The Morgan fingerprint density at radius 2 is 1.86 bits per heavy atom. The number of hydrazine groups is 1. The van der Waals surface area contributed by atoms with E-state index in [0.29, 0.717) is 44.0 Å². The highest BCUT2D eigenvalue weighted by Gasteiger charge is 2.42. The quantitative estimate of drug-likeness (QED) is 0.801. The molecule has 3 unspecified atom stereocenters. The minimum absolute atomic E-state index is 0.129. The van der Waals surface area contributed by atoms with Crippen LogP contribution in [0.2, 0.25) is 0 Å². The van der Waals surface area contributed by atoms with E-state index < -0.39 is 11.7 Å². The molecule has 6 nitrogen and oxygen atoms in total. The molecule has 2 aliphatic heterocycles. The topological polar surface area (TPSA) is 60.5 Å². The molecule has 4 rings (SSSR count). The lowest BCUT2D eigenvalue weighted by Gasteiger charge is -2.30. The van der Waals surface area contributed by atoms with E-state index in [1.807, 2.05) is 9.80 Å². The number of carbonyl (C=O) groups is 1. The molecule has 1 aromatic heterocycles. The molecule has 3 fully saturated rings. The van der Waals surface area contributed by atoms with Crippen LogP contribution in [0.5, 0.6) is 0 Å². The van der Waals surface area contributed by atoms with E-state index in [9.17, 15) is 18.0 Å². The van der Waals surface area contributed by atoms with Crippen molar-refractivity contribution in [2.75, 3.05) is 31.1 Å². The van der Waals surface area contributed by atoms with Crippen molar-refractivity contribution in [2.24, 2.45) is 5.92 Å². The van der Waals surface area contributed by atoms with Gasteiger partial charge in [-0.1, -0.05) is 12.8 Å². The van der Waals surface area contributed by atoms with Gasteiger partial charge in [-0.05, 0) is 31.4 Å². The molecule has 1 saturated carbocycles. The zero-order valence-electron chi connectivity index (χ0n) is 15.7. The molecule has 0 aromatic carbocycles. The molecule has 2 saturated heterocycles. The number of rotatable bonds is 2. The van der Waals surface area contributed by atoms with Crippen LogP contribution < -0.4 is 15.8 Å². The summed E-state index contributed by atoms with van der Waals surface area (Å²) in [5, 5.41) is 0. The largest absolute Gasteiger partial charge is 0.417 e. The maximum atomic E-state index is 13.1. The van der Waals surface area contributed by atoms with Crippen LogP contribution in [0.3, 0.4) is 0 Å². The number of amides is 1. The normalized spacial score (nSPS) is 28.8. The van der Waals surface area contributed by atoms with Crippen LogP contribution in [-0.2, 0) is 11.0 Å². The van der Waals surface area contributed by atoms with Gasteiger partial charge in [-0.25, -0.2) is 10.4 Å². The van der Waals surface area contributed by atoms with Crippen molar-refractivity contribution in [1.82, 2.24) is 20.7 Å². The van der Waals surface area contributed by atoms with Crippen molar-refractivity contribution in [3.63, 3.8) is 0 Å². The number of anilines is 1. The number of aromatic nitrogens is 1. The summed E-state index contributed by atoms with van der Waals surface area (Å²) in [6, 6.07) is 2.67. The third-order valence-electron chi connectivity index (χ3n) is 6.14. The molecule has 154 valence electrons. The van der Waals surface area contributed by atoms with Gasteiger partial charge in [0.1, 0.15) is 11.9 Å². The molecule has 2 N–H and O–H groups in total. The van der Waals surface area contributed by atoms with Gasteiger partial charge < -0.3 is 9.80 Å². The lowest BCUT2D eigenvalue weighted by molar-refractivity contribution is -0.138. The molecule has 3 aliphatic rings. The van der Waals surface area contributed by atoms with Crippen molar-refractivity contribution in [2.45, 2.75) is 50.4 Å². The van der Waals surface area contributed by atoms with E-state index in [1.165, 1.54) is 18.9 Å². The molecule has 0 radical (unpaired) electrons. The number of carbonyl (C=O) groups excluding carboxylic acids is 1. The Hall–Kier alpha value is -1.87. The average molecular weight is 397 g/mol. The van der Waals surface area contributed by atoms with Crippen LogP contribution >= 0.6 is 0 Å². The van der Waals surface area contributed by atoms with Gasteiger partial charge in [0.25, 0.3) is 0 Å². The number of hydrogen-bond acceptors (Lipinski definition) is 5. The summed E-state index contributed by atoms with van der Waals surface area (Å²) in [6.45, 7) is 2.45. The molecular weight excluding hydrogens is 371 g/mol. The van der Waals surface area contributed by atoms with Crippen LogP contribution in [-0.4, -0.2) is 54.1 Å². The van der Waals surface area contributed by atoms with Crippen molar-refractivity contribution in [1.29, 1.82) is 0 Å². The molecule has 1 amide bonds. The van der Waals surface area contributed by atoms with Crippen molar-refractivity contribution < 1.29 is 18.0 Å². The Bertz CT molecular complexity index is 696. The predicted molar refractivity (Wildman–Crippen MR) is 98.5 cm³/mol. The Morgan fingerprint density at radius 3 is 2.61 bits per heavy atom. The van der Waals surface area contributed by atoms with Crippen LogP contribution in [0.15, 0.2) is 18.3 Å². The highest BCUT2D eigenvalue weighted by Crippen LogP contribution is 2.31. The summed E-state index contributed by atoms with van der Waals surface area (Å²) in [4.78, 5) is 20.9. The van der Waals surface area contributed by atoms with E-state index in [1.54, 1.807) is 0 Å². The first-order chi connectivity index (χ1) is 13.4. The second-order valence-electron chi connectivity index (χ2n) is 7.89. The molecule has 0 bridgehead atoms. The summed E-state index contributed by atoms with van der Waals surface area (Å²) >= 11 is 0. The molecule has 3 atom stereocenters. The fourth-order valence-corrected chi connectivity index (χ4v) is 4.59. The molecule has 9 heteroatoms. The maximum absolute atomic E-state index is 13.1. The molecule has 0 spiro atoms. The number of pyridine rings is 1. The van der Waals surface area contributed by atoms with Crippen molar-refractivity contribution in [3.8, 4) is 0 Å². The zero-order valence-corrected chi connectivity index (χ0v) is 15.7. The minimum Gasteiger partial charge on any atom is -0.355 e. The summed E-state index contributed by atoms with van der Waals surface area (Å²) in [5.41, 5.74) is 5.75. The molecule has 28 heavy (non-hydrogen) atoms. The minimum atomic E-state index is -4.38. The number of hydrogen-bond donors (Lipinski definition) is 2. The lowest BCUT2D eigenvalue weighted by Crippen LogP contribution is -2.49. The second-order valence-corrected chi connectivity index (χ2v) is 7.89. The van der Waals surface area contributed by atoms with E-state index in [-0.39, 0.29) is 11.9 Å². The fraction of sp³-hybridized carbons (Fsp3) is 0.684. The first-order valence-corrected chi connectivity index (χ1v) is 10.0. The van der Waals surface area contributed by atoms with Crippen LogP contribution in [0, 0.1) is 5.92 Å². The molecule has 1 aliphatic carbocycles.